The third-order valence-electron chi connectivity index (χ3n) is 6.04. The summed E-state index contributed by atoms with van der Waals surface area (Å²) < 4.78 is 64.1. The number of alkyl halides is 3. The third kappa shape index (κ3) is 7.28. The third-order valence-corrected chi connectivity index (χ3v) is 7.20. The maximum Gasteiger partial charge on any atom is 0.419 e. The van der Waals surface area contributed by atoms with Crippen LogP contribution in [0.5, 0.6) is 0 Å². The molecule has 0 bridgehead atoms. The molecular weight excluding hydrogens is 505 g/mol. The molecule has 37 heavy (non-hydrogen) atoms. The standard InChI is InChI=1S/C26H29F3N4O3S/c1-16-6-5-7-20(10-16)25(3,15-37(4,35)36)13-21-11-18(8-9-31-21)24(34)32-14-19-12-22(26(27,28)29)23(30)33-17(19)2/h5-12H,13-15H2,1-4H3,(H2,30,33)(H,32,34). The first-order valence-electron chi connectivity index (χ1n) is 11.4. The van der Waals surface area contributed by atoms with Crippen molar-refractivity contribution in [1.29, 1.82) is 0 Å². The zero-order valence-electron chi connectivity index (χ0n) is 21.0. The lowest BCUT2D eigenvalue weighted by Crippen LogP contribution is -2.34. The van der Waals surface area contributed by atoms with Crippen LogP contribution in [0.3, 0.4) is 0 Å². The van der Waals surface area contributed by atoms with Gasteiger partial charge < -0.3 is 11.1 Å². The summed E-state index contributed by atoms with van der Waals surface area (Å²) in [5, 5.41) is 2.61. The van der Waals surface area contributed by atoms with Gasteiger partial charge in [0.1, 0.15) is 15.7 Å². The van der Waals surface area contributed by atoms with E-state index in [0.717, 1.165) is 17.2 Å². The predicted molar refractivity (Wildman–Crippen MR) is 136 cm³/mol. The van der Waals surface area contributed by atoms with E-state index in [1.54, 1.807) is 6.07 Å². The largest absolute Gasteiger partial charge is 0.419 e. The fourth-order valence-electron chi connectivity index (χ4n) is 4.30. The molecular formula is C26H29F3N4O3S. The highest BCUT2D eigenvalue weighted by atomic mass is 32.2. The summed E-state index contributed by atoms with van der Waals surface area (Å²) >= 11 is 0. The molecule has 0 aliphatic carbocycles. The first kappa shape index (κ1) is 28.1. The maximum absolute atomic E-state index is 13.2. The molecule has 7 nitrogen and oxygen atoms in total. The summed E-state index contributed by atoms with van der Waals surface area (Å²) in [7, 11) is -3.35. The zero-order chi connectivity index (χ0) is 27.6. The van der Waals surface area contributed by atoms with Gasteiger partial charge in [0.05, 0.1) is 11.3 Å². The predicted octanol–water partition coefficient (Wildman–Crippen LogP) is 4.17. The van der Waals surface area contributed by atoms with Crippen molar-refractivity contribution in [2.24, 2.45) is 0 Å². The minimum atomic E-state index is -4.67. The van der Waals surface area contributed by atoms with Crippen LogP contribution in [-0.2, 0) is 34.4 Å². The highest BCUT2D eigenvalue weighted by molar-refractivity contribution is 7.90. The topological polar surface area (TPSA) is 115 Å². The van der Waals surface area contributed by atoms with Crippen LogP contribution in [0.2, 0.25) is 0 Å². The number of hydrogen-bond donors (Lipinski definition) is 2. The molecule has 0 aliphatic rings. The van der Waals surface area contributed by atoms with Crippen LogP contribution in [0.1, 0.15) is 50.9 Å². The number of halogens is 3. The Morgan fingerprint density at radius 2 is 1.81 bits per heavy atom. The van der Waals surface area contributed by atoms with Crippen LogP contribution in [-0.4, -0.2) is 36.3 Å². The maximum atomic E-state index is 13.2. The average Bonchev–Trinajstić information content (AvgIpc) is 2.76. The number of hydrogen-bond acceptors (Lipinski definition) is 6. The number of aryl methyl sites for hydroxylation is 2. The fourth-order valence-corrected chi connectivity index (χ4v) is 5.73. The second-order valence-electron chi connectivity index (χ2n) is 9.56. The molecule has 0 aliphatic heterocycles. The lowest BCUT2D eigenvalue weighted by atomic mass is 9.79. The van der Waals surface area contributed by atoms with Crippen LogP contribution in [0, 0.1) is 13.8 Å². The summed E-state index contributed by atoms with van der Waals surface area (Å²) in [6.07, 6.45) is -1.80. The number of rotatable bonds is 8. The van der Waals surface area contributed by atoms with Crippen molar-refractivity contribution >= 4 is 21.6 Å². The molecule has 2 heterocycles. The van der Waals surface area contributed by atoms with E-state index in [2.05, 4.69) is 15.3 Å². The van der Waals surface area contributed by atoms with Gasteiger partial charge in [-0.3, -0.25) is 9.78 Å². The molecule has 2 aromatic heterocycles. The molecule has 1 amide bonds. The van der Waals surface area contributed by atoms with E-state index in [9.17, 15) is 26.4 Å². The van der Waals surface area contributed by atoms with Gasteiger partial charge in [0.25, 0.3) is 5.91 Å². The van der Waals surface area contributed by atoms with Gasteiger partial charge in [0, 0.05) is 47.8 Å². The van der Waals surface area contributed by atoms with Crippen molar-refractivity contribution in [3.05, 3.63) is 87.9 Å². The molecule has 3 aromatic rings. The highest BCUT2D eigenvalue weighted by Crippen LogP contribution is 2.34. The number of sulfone groups is 1. The quantitative estimate of drug-likeness (QED) is 0.448. The number of aromatic nitrogens is 2. The van der Waals surface area contributed by atoms with E-state index in [-0.39, 0.29) is 35.5 Å². The lowest BCUT2D eigenvalue weighted by Gasteiger charge is -2.29. The Labute approximate surface area is 214 Å². The number of nitrogens with one attached hydrogen (secondary N) is 1. The minimum Gasteiger partial charge on any atom is -0.383 e. The summed E-state index contributed by atoms with van der Waals surface area (Å²) in [5.74, 6) is -1.26. The molecule has 0 radical (unpaired) electrons. The second kappa shape index (κ2) is 10.5. The van der Waals surface area contributed by atoms with E-state index in [0.29, 0.717) is 5.69 Å². The summed E-state index contributed by atoms with van der Waals surface area (Å²) in [4.78, 5) is 20.9. The number of nitrogens with two attached hydrogens (primary N) is 1. The minimum absolute atomic E-state index is 0.119. The molecule has 0 saturated carbocycles. The number of amides is 1. The second-order valence-corrected chi connectivity index (χ2v) is 11.7. The molecule has 3 N–H and O–H groups in total. The Kier molecular flexibility index (Phi) is 7.97. The van der Waals surface area contributed by atoms with E-state index in [1.165, 1.54) is 25.4 Å². The number of carbonyl (C=O) groups is 1. The first-order valence-corrected chi connectivity index (χ1v) is 13.4. The molecule has 11 heteroatoms. The van der Waals surface area contributed by atoms with Crippen molar-refractivity contribution in [3.63, 3.8) is 0 Å². The van der Waals surface area contributed by atoms with Gasteiger partial charge in [-0.2, -0.15) is 13.2 Å². The molecule has 0 spiro atoms. The van der Waals surface area contributed by atoms with E-state index in [1.807, 2.05) is 38.1 Å². The normalized spacial score (nSPS) is 13.7. The monoisotopic (exact) mass is 534 g/mol. The van der Waals surface area contributed by atoms with Gasteiger partial charge in [0.2, 0.25) is 0 Å². The highest BCUT2D eigenvalue weighted by Gasteiger charge is 2.35. The lowest BCUT2D eigenvalue weighted by molar-refractivity contribution is -0.137. The number of pyridine rings is 2. The molecule has 3 rings (SSSR count). The Morgan fingerprint density at radius 1 is 1.11 bits per heavy atom. The SMILES string of the molecule is Cc1cccc(C(C)(Cc2cc(C(=O)NCc3cc(C(F)(F)F)c(N)nc3C)ccn2)CS(C)(=O)=O)c1. The Hall–Kier alpha value is -3.47. The number of carbonyl (C=O) groups excluding carboxylic acids is 1. The van der Waals surface area contributed by atoms with Crippen LogP contribution in [0.25, 0.3) is 0 Å². The van der Waals surface area contributed by atoms with Crippen LogP contribution < -0.4 is 11.1 Å². The van der Waals surface area contributed by atoms with Crippen molar-refractivity contribution in [3.8, 4) is 0 Å². The van der Waals surface area contributed by atoms with Crippen LogP contribution in [0.4, 0.5) is 19.0 Å². The van der Waals surface area contributed by atoms with Crippen molar-refractivity contribution < 1.29 is 26.4 Å². The number of anilines is 1. The van der Waals surface area contributed by atoms with Crippen molar-refractivity contribution in [2.75, 3.05) is 17.7 Å². The van der Waals surface area contributed by atoms with Gasteiger partial charge in [-0.15, -0.1) is 0 Å². The molecule has 198 valence electrons. The zero-order valence-corrected chi connectivity index (χ0v) is 21.8. The Bertz CT molecular complexity index is 1420. The first-order chi connectivity index (χ1) is 17.1. The fraction of sp³-hybridized carbons (Fsp3) is 0.346. The van der Waals surface area contributed by atoms with E-state index >= 15 is 0 Å². The van der Waals surface area contributed by atoms with E-state index < -0.39 is 38.7 Å². The Balaban J connectivity index is 1.83. The van der Waals surface area contributed by atoms with Crippen molar-refractivity contribution in [2.45, 2.75) is 45.3 Å². The summed E-state index contributed by atoms with van der Waals surface area (Å²) in [5.41, 5.74) is 6.58. The molecule has 1 unspecified atom stereocenters. The van der Waals surface area contributed by atoms with Gasteiger partial charge >= 0.3 is 6.18 Å². The molecule has 0 fully saturated rings. The average molecular weight is 535 g/mol. The molecule has 1 aromatic carbocycles. The van der Waals surface area contributed by atoms with E-state index in [4.69, 9.17) is 5.73 Å². The van der Waals surface area contributed by atoms with Gasteiger partial charge in [-0.1, -0.05) is 36.8 Å². The van der Waals surface area contributed by atoms with Gasteiger partial charge in [-0.05, 0) is 43.2 Å². The summed E-state index contributed by atoms with van der Waals surface area (Å²) in [6, 6.07) is 11.5. The number of benzene rings is 1. The van der Waals surface area contributed by atoms with Gasteiger partial charge in [-0.25, -0.2) is 13.4 Å². The smallest absolute Gasteiger partial charge is 0.383 e. The number of nitrogen functional groups attached to an aromatic ring is 1. The van der Waals surface area contributed by atoms with Crippen LogP contribution in [0.15, 0.2) is 48.7 Å². The van der Waals surface area contributed by atoms with Crippen LogP contribution >= 0.6 is 0 Å². The number of nitrogens with zero attached hydrogens (tertiary/aromatic N) is 2. The molecule has 0 saturated heterocycles. The van der Waals surface area contributed by atoms with Crippen molar-refractivity contribution in [1.82, 2.24) is 15.3 Å². The van der Waals surface area contributed by atoms with Gasteiger partial charge in [0.15, 0.2) is 0 Å². The molecule has 1 atom stereocenters. The summed E-state index contributed by atoms with van der Waals surface area (Å²) in [6.45, 7) is 5.08. The Morgan fingerprint density at radius 3 is 2.43 bits per heavy atom.